The minimum Gasteiger partial charge on any atom is -0.330 e. The number of rotatable bonds is 2. The molecule has 1 unspecified atom stereocenters. The van der Waals surface area contributed by atoms with Crippen molar-refractivity contribution < 1.29 is 0 Å². The van der Waals surface area contributed by atoms with Crippen LogP contribution in [0.25, 0.3) is 0 Å². The fourth-order valence-electron chi connectivity index (χ4n) is 2.94. The van der Waals surface area contributed by atoms with Gasteiger partial charge in [0.2, 0.25) is 0 Å². The molecule has 2 fully saturated rings. The van der Waals surface area contributed by atoms with E-state index in [1.54, 1.807) is 0 Å². The zero-order valence-electron chi connectivity index (χ0n) is 6.55. The number of hydrogen-bond acceptors (Lipinski definition) is 1. The van der Waals surface area contributed by atoms with Crippen molar-refractivity contribution in [2.75, 3.05) is 6.54 Å². The lowest BCUT2D eigenvalue weighted by Gasteiger charge is -2.20. The van der Waals surface area contributed by atoms with Gasteiger partial charge in [0, 0.05) is 0 Å². The molecule has 0 heterocycles. The molecule has 0 aromatic rings. The van der Waals surface area contributed by atoms with Gasteiger partial charge in [-0.2, -0.15) is 0 Å². The Bertz CT molecular complexity index is 122. The molecule has 0 aromatic carbocycles. The van der Waals surface area contributed by atoms with Gasteiger partial charge in [-0.25, -0.2) is 0 Å². The van der Waals surface area contributed by atoms with Crippen molar-refractivity contribution in [3.05, 3.63) is 0 Å². The first-order chi connectivity index (χ1) is 4.90. The summed E-state index contributed by atoms with van der Waals surface area (Å²) in [7, 11) is 0. The van der Waals surface area contributed by atoms with Gasteiger partial charge in [-0.3, -0.25) is 0 Å². The van der Waals surface area contributed by atoms with Gasteiger partial charge in [0.05, 0.1) is 0 Å². The zero-order chi connectivity index (χ0) is 6.97. The second kappa shape index (κ2) is 2.54. The van der Waals surface area contributed by atoms with Gasteiger partial charge < -0.3 is 5.73 Å². The Hall–Kier alpha value is -0.0400. The molecule has 2 aliphatic rings. The van der Waals surface area contributed by atoms with E-state index in [2.05, 4.69) is 0 Å². The average Bonchev–Trinajstić information content (AvgIpc) is 2.48. The average molecular weight is 139 g/mol. The van der Waals surface area contributed by atoms with Crippen molar-refractivity contribution in [3.63, 3.8) is 0 Å². The summed E-state index contributed by atoms with van der Waals surface area (Å²) >= 11 is 0. The van der Waals surface area contributed by atoms with Crippen LogP contribution in [-0.2, 0) is 0 Å². The summed E-state index contributed by atoms with van der Waals surface area (Å²) < 4.78 is 0. The van der Waals surface area contributed by atoms with Crippen molar-refractivity contribution in [2.45, 2.75) is 32.1 Å². The first-order valence-corrected chi connectivity index (χ1v) is 4.60. The molecule has 0 spiro atoms. The highest BCUT2D eigenvalue weighted by Crippen LogP contribution is 2.49. The number of hydrogen-bond donors (Lipinski definition) is 1. The van der Waals surface area contributed by atoms with Gasteiger partial charge in [0.25, 0.3) is 0 Å². The maximum absolute atomic E-state index is 5.54. The SMILES string of the molecule is NCCC1C[C@H]2CC[C@@H]1C2. The molecule has 2 N–H and O–H groups in total. The standard InChI is InChI=1S/C9H17N/c10-4-3-9-6-7-1-2-8(9)5-7/h7-9H,1-6,10H2/t7-,8+,9?/m0/s1. The van der Waals surface area contributed by atoms with E-state index >= 15 is 0 Å². The van der Waals surface area contributed by atoms with Gasteiger partial charge in [0.15, 0.2) is 0 Å². The molecular weight excluding hydrogens is 122 g/mol. The topological polar surface area (TPSA) is 26.0 Å². The summed E-state index contributed by atoms with van der Waals surface area (Å²) in [5, 5.41) is 0. The third kappa shape index (κ3) is 0.968. The van der Waals surface area contributed by atoms with E-state index in [4.69, 9.17) is 5.73 Å². The lowest BCUT2D eigenvalue weighted by molar-refractivity contribution is 0.318. The molecule has 3 atom stereocenters. The first-order valence-electron chi connectivity index (χ1n) is 4.60. The Kier molecular flexibility index (Phi) is 1.69. The Morgan fingerprint density at radius 2 is 2.10 bits per heavy atom. The van der Waals surface area contributed by atoms with Gasteiger partial charge in [-0.15, -0.1) is 0 Å². The normalized spacial score (nSPS) is 44.7. The maximum atomic E-state index is 5.54. The summed E-state index contributed by atoms with van der Waals surface area (Å²) in [6, 6.07) is 0. The smallest absolute Gasteiger partial charge is 0.00745 e. The predicted octanol–water partition coefficient (Wildman–Crippen LogP) is 1.77. The van der Waals surface area contributed by atoms with Crippen molar-refractivity contribution in [3.8, 4) is 0 Å². The third-order valence-electron chi connectivity index (χ3n) is 3.42. The largest absolute Gasteiger partial charge is 0.330 e. The number of fused-ring (bicyclic) bond motifs is 2. The molecular formula is C9H17N. The van der Waals surface area contributed by atoms with Crippen LogP contribution in [0.4, 0.5) is 0 Å². The molecule has 1 heteroatoms. The van der Waals surface area contributed by atoms with E-state index in [1.165, 1.54) is 32.1 Å². The molecule has 58 valence electrons. The maximum Gasteiger partial charge on any atom is -0.00745 e. The molecule has 0 radical (unpaired) electrons. The highest BCUT2D eigenvalue weighted by Gasteiger charge is 2.38. The number of nitrogens with two attached hydrogens (primary N) is 1. The van der Waals surface area contributed by atoms with Crippen LogP contribution >= 0.6 is 0 Å². The molecule has 0 amide bonds. The fourth-order valence-corrected chi connectivity index (χ4v) is 2.94. The Labute approximate surface area is 63.0 Å². The van der Waals surface area contributed by atoms with Crippen LogP contribution in [0, 0.1) is 17.8 Å². The van der Waals surface area contributed by atoms with Crippen molar-refractivity contribution in [1.29, 1.82) is 0 Å². The summed E-state index contributed by atoms with van der Waals surface area (Å²) in [5.41, 5.74) is 5.54. The summed E-state index contributed by atoms with van der Waals surface area (Å²) in [5.74, 6) is 3.19. The zero-order valence-corrected chi connectivity index (χ0v) is 6.55. The second-order valence-corrected chi connectivity index (χ2v) is 4.01. The monoisotopic (exact) mass is 139 g/mol. The Morgan fingerprint density at radius 1 is 1.20 bits per heavy atom. The lowest BCUT2D eigenvalue weighted by atomic mass is 9.86. The Morgan fingerprint density at radius 3 is 2.60 bits per heavy atom. The fraction of sp³-hybridized carbons (Fsp3) is 1.00. The molecule has 1 nitrogen and oxygen atoms in total. The molecule has 2 rings (SSSR count). The first kappa shape index (κ1) is 6.66. The molecule has 0 aromatic heterocycles. The minimum absolute atomic E-state index is 0.911. The summed E-state index contributed by atoms with van der Waals surface area (Å²) in [6.45, 7) is 0.911. The Balaban J connectivity index is 1.90. The van der Waals surface area contributed by atoms with E-state index in [-0.39, 0.29) is 0 Å². The van der Waals surface area contributed by atoms with Crippen LogP contribution in [0.15, 0.2) is 0 Å². The van der Waals surface area contributed by atoms with Crippen LogP contribution < -0.4 is 5.73 Å². The van der Waals surface area contributed by atoms with Crippen molar-refractivity contribution in [1.82, 2.24) is 0 Å². The third-order valence-corrected chi connectivity index (χ3v) is 3.42. The van der Waals surface area contributed by atoms with E-state index in [0.29, 0.717) is 0 Å². The van der Waals surface area contributed by atoms with Gasteiger partial charge >= 0.3 is 0 Å². The van der Waals surface area contributed by atoms with Crippen molar-refractivity contribution >= 4 is 0 Å². The van der Waals surface area contributed by atoms with Crippen LogP contribution in [0.5, 0.6) is 0 Å². The van der Waals surface area contributed by atoms with E-state index in [9.17, 15) is 0 Å². The van der Waals surface area contributed by atoms with Crippen LogP contribution in [0.2, 0.25) is 0 Å². The van der Waals surface area contributed by atoms with Crippen LogP contribution in [-0.4, -0.2) is 6.54 Å². The molecule has 2 saturated carbocycles. The second-order valence-electron chi connectivity index (χ2n) is 4.01. The lowest BCUT2D eigenvalue weighted by Crippen LogP contribution is -2.14. The molecule has 0 aliphatic heterocycles. The van der Waals surface area contributed by atoms with Gasteiger partial charge in [-0.05, 0) is 50.0 Å². The summed E-state index contributed by atoms with van der Waals surface area (Å²) in [4.78, 5) is 0. The molecule has 0 saturated heterocycles. The van der Waals surface area contributed by atoms with Crippen LogP contribution in [0.1, 0.15) is 32.1 Å². The van der Waals surface area contributed by atoms with E-state index in [1.807, 2.05) is 0 Å². The molecule has 2 bridgehead atoms. The van der Waals surface area contributed by atoms with Crippen LogP contribution in [0.3, 0.4) is 0 Å². The highest BCUT2D eigenvalue weighted by atomic mass is 14.5. The predicted molar refractivity (Wildman–Crippen MR) is 42.6 cm³/mol. The van der Waals surface area contributed by atoms with Gasteiger partial charge in [-0.1, -0.05) is 6.42 Å². The quantitative estimate of drug-likeness (QED) is 0.620. The minimum atomic E-state index is 0.911. The van der Waals surface area contributed by atoms with E-state index < -0.39 is 0 Å². The highest BCUT2D eigenvalue weighted by molar-refractivity contribution is 4.89. The molecule has 10 heavy (non-hydrogen) atoms. The van der Waals surface area contributed by atoms with E-state index in [0.717, 1.165) is 24.3 Å². The summed E-state index contributed by atoms with van der Waals surface area (Å²) in [6.07, 6.45) is 7.36. The van der Waals surface area contributed by atoms with Gasteiger partial charge in [0.1, 0.15) is 0 Å². The van der Waals surface area contributed by atoms with Crippen molar-refractivity contribution in [2.24, 2.45) is 23.5 Å². The molecule has 2 aliphatic carbocycles.